The SMILES string of the molecule is O=C(c1ccc(Cl)cc1O)N1C[C@@H](CO)[C@@H](CN2CCCCC2)C1. The number of nitrogens with zero attached hydrogens (tertiary/aromatic N) is 2. The fourth-order valence-corrected chi connectivity index (χ4v) is 4.01. The summed E-state index contributed by atoms with van der Waals surface area (Å²) in [5.74, 6) is 0.105. The van der Waals surface area contributed by atoms with Crippen LogP contribution in [-0.4, -0.2) is 65.3 Å². The highest BCUT2D eigenvalue weighted by molar-refractivity contribution is 6.30. The highest BCUT2D eigenvalue weighted by Gasteiger charge is 2.36. The lowest BCUT2D eigenvalue weighted by Gasteiger charge is -2.30. The summed E-state index contributed by atoms with van der Waals surface area (Å²) >= 11 is 5.84. The zero-order chi connectivity index (χ0) is 17.1. The summed E-state index contributed by atoms with van der Waals surface area (Å²) in [6, 6.07) is 4.56. The lowest BCUT2D eigenvalue weighted by atomic mass is 9.95. The minimum Gasteiger partial charge on any atom is -0.507 e. The first-order chi connectivity index (χ1) is 11.6. The van der Waals surface area contributed by atoms with E-state index in [9.17, 15) is 15.0 Å². The molecular formula is C18H25ClN2O3. The van der Waals surface area contributed by atoms with E-state index in [2.05, 4.69) is 4.90 Å². The van der Waals surface area contributed by atoms with Crippen molar-refractivity contribution in [2.24, 2.45) is 11.8 Å². The average molecular weight is 353 g/mol. The van der Waals surface area contributed by atoms with Gasteiger partial charge in [-0.1, -0.05) is 18.0 Å². The van der Waals surface area contributed by atoms with Gasteiger partial charge in [0.1, 0.15) is 5.75 Å². The van der Waals surface area contributed by atoms with Crippen LogP contribution in [0.25, 0.3) is 0 Å². The molecule has 132 valence electrons. The Morgan fingerprint density at radius 2 is 1.88 bits per heavy atom. The van der Waals surface area contributed by atoms with Crippen LogP contribution >= 0.6 is 11.6 Å². The number of likely N-dealkylation sites (tertiary alicyclic amines) is 2. The second kappa shape index (κ2) is 7.72. The van der Waals surface area contributed by atoms with E-state index in [0.29, 0.717) is 18.1 Å². The number of aromatic hydroxyl groups is 1. The van der Waals surface area contributed by atoms with Crippen molar-refractivity contribution in [1.82, 2.24) is 9.80 Å². The predicted octanol–water partition coefficient (Wildman–Crippen LogP) is 2.21. The van der Waals surface area contributed by atoms with Gasteiger partial charge in [-0.2, -0.15) is 0 Å². The number of carbonyl (C=O) groups excluding carboxylic acids is 1. The number of hydrogen-bond donors (Lipinski definition) is 2. The normalized spacial score (nSPS) is 25.2. The molecule has 6 heteroatoms. The largest absolute Gasteiger partial charge is 0.507 e. The molecule has 1 aromatic carbocycles. The van der Waals surface area contributed by atoms with Gasteiger partial charge in [0.05, 0.1) is 5.56 Å². The highest BCUT2D eigenvalue weighted by Crippen LogP contribution is 2.29. The molecule has 0 bridgehead atoms. The third-order valence-electron chi connectivity index (χ3n) is 5.23. The van der Waals surface area contributed by atoms with Gasteiger partial charge in [-0.25, -0.2) is 0 Å². The number of aliphatic hydroxyl groups is 1. The Labute approximate surface area is 147 Å². The molecule has 2 saturated heterocycles. The lowest BCUT2D eigenvalue weighted by Crippen LogP contribution is -2.37. The molecule has 2 aliphatic heterocycles. The number of rotatable bonds is 4. The minimum atomic E-state index is -0.191. The van der Waals surface area contributed by atoms with Crippen molar-refractivity contribution in [2.45, 2.75) is 19.3 Å². The molecule has 5 nitrogen and oxygen atoms in total. The van der Waals surface area contributed by atoms with Crippen LogP contribution in [0.1, 0.15) is 29.6 Å². The molecule has 1 amide bonds. The first kappa shape index (κ1) is 17.5. The quantitative estimate of drug-likeness (QED) is 0.872. The summed E-state index contributed by atoms with van der Waals surface area (Å²) in [6.07, 6.45) is 3.76. The zero-order valence-corrected chi connectivity index (χ0v) is 14.6. The summed E-state index contributed by atoms with van der Waals surface area (Å²) in [7, 11) is 0. The molecule has 2 heterocycles. The van der Waals surface area contributed by atoms with E-state index in [4.69, 9.17) is 11.6 Å². The number of halogens is 1. The molecule has 3 rings (SSSR count). The van der Waals surface area contributed by atoms with E-state index in [1.807, 2.05) is 0 Å². The molecule has 0 radical (unpaired) electrons. The van der Waals surface area contributed by atoms with Crippen molar-refractivity contribution in [2.75, 3.05) is 39.3 Å². The van der Waals surface area contributed by atoms with E-state index in [-0.39, 0.29) is 35.7 Å². The average Bonchev–Trinajstić information content (AvgIpc) is 2.98. The fourth-order valence-electron chi connectivity index (χ4n) is 3.85. The smallest absolute Gasteiger partial charge is 0.257 e. The standard InChI is InChI=1S/C18H25ClN2O3/c19-15-4-5-16(17(23)8-15)18(24)21-10-13(14(11-21)12-22)9-20-6-2-1-3-7-20/h4-5,8,13-14,22-23H,1-3,6-7,9-12H2/t13-,14-/m0/s1. The van der Waals surface area contributed by atoms with Gasteiger partial charge in [-0.3, -0.25) is 4.79 Å². The number of phenols is 1. The first-order valence-electron chi connectivity index (χ1n) is 8.69. The monoisotopic (exact) mass is 352 g/mol. The van der Waals surface area contributed by atoms with Crippen LogP contribution in [0, 0.1) is 11.8 Å². The molecule has 0 saturated carbocycles. The van der Waals surface area contributed by atoms with Crippen molar-refractivity contribution in [3.63, 3.8) is 0 Å². The molecule has 0 aromatic heterocycles. The Morgan fingerprint density at radius 3 is 2.54 bits per heavy atom. The number of amides is 1. The highest BCUT2D eigenvalue weighted by atomic mass is 35.5. The Morgan fingerprint density at radius 1 is 1.17 bits per heavy atom. The maximum Gasteiger partial charge on any atom is 0.257 e. The summed E-state index contributed by atoms with van der Waals surface area (Å²) in [5.41, 5.74) is 0.273. The molecule has 0 spiro atoms. The van der Waals surface area contributed by atoms with E-state index < -0.39 is 0 Å². The van der Waals surface area contributed by atoms with Crippen LogP contribution < -0.4 is 0 Å². The maximum atomic E-state index is 12.7. The Hall–Kier alpha value is -1.30. The number of carbonyl (C=O) groups is 1. The van der Waals surface area contributed by atoms with Crippen LogP contribution in [0.2, 0.25) is 5.02 Å². The van der Waals surface area contributed by atoms with Crippen molar-refractivity contribution in [3.05, 3.63) is 28.8 Å². The second-order valence-corrected chi connectivity index (χ2v) is 7.37. The number of hydrogen-bond acceptors (Lipinski definition) is 4. The third kappa shape index (κ3) is 3.85. The van der Waals surface area contributed by atoms with Crippen molar-refractivity contribution in [3.8, 4) is 5.75 Å². The second-order valence-electron chi connectivity index (χ2n) is 6.94. The van der Waals surface area contributed by atoms with Crippen LogP contribution in [-0.2, 0) is 0 Å². The van der Waals surface area contributed by atoms with E-state index in [1.165, 1.54) is 25.3 Å². The molecule has 24 heavy (non-hydrogen) atoms. The van der Waals surface area contributed by atoms with Crippen molar-refractivity contribution < 1.29 is 15.0 Å². The predicted molar refractivity (Wildman–Crippen MR) is 93.4 cm³/mol. The fraction of sp³-hybridized carbons (Fsp3) is 0.611. The van der Waals surface area contributed by atoms with Crippen molar-refractivity contribution in [1.29, 1.82) is 0 Å². The topological polar surface area (TPSA) is 64.0 Å². The molecule has 2 aliphatic rings. The molecule has 2 N–H and O–H groups in total. The van der Waals surface area contributed by atoms with Gasteiger partial charge < -0.3 is 20.0 Å². The summed E-state index contributed by atoms with van der Waals surface area (Å²) < 4.78 is 0. The Bertz CT molecular complexity index is 590. The maximum absolute atomic E-state index is 12.7. The third-order valence-corrected chi connectivity index (χ3v) is 5.46. The molecule has 2 atom stereocenters. The van der Waals surface area contributed by atoms with Crippen molar-refractivity contribution >= 4 is 17.5 Å². The van der Waals surface area contributed by atoms with Crippen LogP contribution in [0.3, 0.4) is 0 Å². The summed E-state index contributed by atoms with van der Waals surface area (Å²) in [6.45, 7) is 4.41. The number of phenolic OH excluding ortho intramolecular Hbond substituents is 1. The summed E-state index contributed by atoms with van der Waals surface area (Å²) in [4.78, 5) is 16.9. The van der Waals surface area contributed by atoms with Gasteiger partial charge in [0.15, 0.2) is 0 Å². The number of piperidine rings is 1. The van der Waals surface area contributed by atoms with Crippen LogP contribution in [0.4, 0.5) is 0 Å². The molecular weight excluding hydrogens is 328 g/mol. The van der Waals surface area contributed by atoms with Crippen LogP contribution in [0.15, 0.2) is 18.2 Å². The van der Waals surface area contributed by atoms with E-state index >= 15 is 0 Å². The Balaban J connectivity index is 1.67. The number of aliphatic hydroxyl groups excluding tert-OH is 1. The minimum absolute atomic E-state index is 0.0903. The van der Waals surface area contributed by atoms with E-state index in [0.717, 1.165) is 19.6 Å². The summed E-state index contributed by atoms with van der Waals surface area (Å²) in [5, 5.41) is 20.1. The van der Waals surface area contributed by atoms with E-state index in [1.54, 1.807) is 17.0 Å². The van der Waals surface area contributed by atoms with Crippen LogP contribution in [0.5, 0.6) is 5.75 Å². The zero-order valence-electron chi connectivity index (χ0n) is 13.8. The van der Waals surface area contributed by atoms with Gasteiger partial charge in [-0.15, -0.1) is 0 Å². The molecule has 1 aromatic rings. The van der Waals surface area contributed by atoms with Gasteiger partial charge in [0.2, 0.25) is 0 Å². The molecule has 2 fully saturated rings. The van der Waals surface area contributed by atoms with Gasteiger partial charge in [0.25, 0.3) is 5.91 Å². The number of benzene rings is 1. The molecule has 0 aliphatic carbocycles. The molecule has 0 unspecified atom stereocenters. The first-order valence-corrected chi connectivity index (χ1v) is 9.07. The van der Waals surface area contributed by atoms with Gasteiger partial charge >= 0.3 is 0 Å². The van der Waals surface area contributed by atoms with Gasteiger partial charge in [0, 0.05) is 37.2 Å². The van der Waals surface area contributed by atoms with Gasteiger partial charge in [-0.05, 0) is 50.0 Å². The Kier molecular flexibility index (Phi) is 5.64. The lowest BCUT2D eigenvalue weighted by molar-refractivity contribution is 0.0775.